The zero-order valence-electron chi connectivity index (χ0n) is 13.3. The van der Waals surface area contributed by atoms with Gasteiger partial charge in [0.05, 0.1) is 0 Å². The molecule has 1 rings (SSSR count). The molecule has 0 unspecified atom stereocenters. The van der Waals surface area contributed by atoms with Gasteiger partial charge in [0.15, 0.2) is 0 Å². The van der Waals surface area contributed by atoms with E-state index in [1.165, 1.54) is 83.5 Å². The van der Waals surface area contributed by atoms with Crippen molar-refractivity contribution in [1.29, 1.82) is 0 Å². The van der Waals surface area contributed by atoms with Crippen LogP contribution in [0, 0.1) is 5.92 Å². The fourth-order valence-corrected chi connectivity index (χ4v) is 2.87. The van der Waals surface area contributed by atoms with Crippen LogP contribution in [0.4, 0.5) is 0 Å². The molecule has 1 saturated carbocycles. The third-order valence-electron chi connectivity index (χ3n) is 3.94. The van der Waals surface area contributed by atoms with Gasteiger partial charge >= 0.3 is 0 Å². The lowest BCUT2D eigenvalue weighted by Crippen LogP contribution is -2.03. The molecule has 0 radical (unpaired) electrons. The highest BCUT2D eigenvalue weighted by molar-refractivity contribution is 4.64. The highest BCUT2D eigenvalue weighted by Crippen LogP contribution is 2.26. The second kappa shape index (κ2) is 15.0. The summed E-state index contributed by atoms with van der Waals surface area (Å²) in [5, 5.41) is 2.75. The molecule has 1 aliphatic rings. The quantitative estimate of drug-likeness (QED) is 0.614. The fourth-order valence-electron chi connectivity index (χ4n) is 2.87. The first-order valence-electron chi connectivity index (χ1n) is 8.43. The summed E-state index contributed by atoms with van der Waals surface area (Å²) in [4.78, 5) is 0. The molecule has 0 aromatic rings. The van der Waals surface area contributed by atoms with Crippen LogP contribution in [-0.4, -0.2) is 14.1 Å². The molecule has 0 saturated heterocycles. The second-order valence-corrected chi connectivity index (χ2v) is 5.91. The van der Waals surface area contributed by atoms with E-state index in [1.807, 2.05) is 14.1 Å². The smallest absolute Gasteiger partial charge is 0.0167 e. The van der Waals surface area contributed by atoms with Crippen molar-refractivity contribution < 1.29 is 0 Å². The van der Waals surface area contributed by atoms with Crippen molar-refractivity contribution in [1.82, 2.24) is 5.32 Å². The molecule has 0 aromatic carbocycles. The van der Waals surface area contributed by atoms with Crippen molar-refractivity contribution in [3.8, 4) is 0 Å². The summed E-state index contributed by atoms with van der Waals surface area (Å²) >= 11 is 0. The van der Waals surface area contributed by atoms with Crippen molar-refractivity contribution in [3.63, 3.8) is 0 Å². The normalized spacial score (nSPS) is 17.5. The Morgan fingerprint density at radius 2 is 1.28 bits per heavy atom. The highest BCUT2D eigenvalue weighted by atomic mass is 14.7. The Kier molecular flexibility index (Phi) is 15.0. The SMILES string of the molecule is CCCCCCCC1CCCCCCC1.CNC. The average molecular weight is 255 g/mol. The van der Waals surface area contributed by atoms with Crippen LogP contribution in [0.2, 0.25) is 0 Å². The predicted molar refractivity (Wildman–Crippen MR) is 84.2 cm³/mol. The molecule has 1 heteroatoms. The first-order chi connectivity index (χ1) is 8.85. The Morgan fingerprint density at radius 1 is 0.778 bits per heavy atom. The second-order valence-electron chi connectivity index (χ2n) is 5.91. The highest BCUT2D eigenvalue weighted by Gasteiger charge is 2.10. The van der Waals surface area contributed by atoms with E-state index < -0.39 is 0 Å². The predicted octanol–water partition coefficient (Wildman–Crippen LogP) is 5.54. The Balaban J connectivity index is 0.000000873. The van der Waals surface area contributed by atoms with Crippen LogP contribution in [0.3, 0.4) is 0 Å². The van der Waals surface area contributed by atoms with Crippen LogP contribution in [0.15, 0.2) is 0 Å². The summed E-state index contributed by atoms with van der Waals surface area (Å²) in [6.07, 6.45) is 19.4. The number of nitrogens with one attached hydrogen (secondary N) is 1. The van der Waals surface area contributed by atoms with Gasteiger partial charge in [-0.3, -0.25) is 0 Å². The molecule has 0 atom stereocenters. The maximum Gasteiger partial charge on any atom is -0.0167 e. The largest absolute Gasteiger partial charge is 0.323 e. The third kappa shape index (κ3) is 12.4. The van der Waals surface area contributed by atoms with Crippen LogP contribution < -0.4 is 5.32 Å². The maximum absolute atomic E-state index is 2.75. The standard InChI is InChI=1S/C15H30.C2H7N/c1-2-3-4-6-9-12-15-13-10-7-5-8-11-14-15;1-3-2/h15H,2-14H2,1H3;3H,1-2H3. The van der Waals surface area contributed by atoms with Crippen molar-refractivity contribution in [3.05, 3.63) is 0 Å². The zero-order valence-corrected chi connectivity index (χ0v) is 13.3. The summed E-state index contributed by atoms with van der Waals surface area (Å²) in [7, 11) is 3.75. The average Bonchev–Trinajstić information content (AvgIpc) is 2.32. The first kappa shape index (κ1) is 18.0. The fraction of sp³-hybridized carbons (Fsp3) is 1.00. The molecule has 0 spiro atoms. The van der Waals surface area contributed by atoms with Gasteiger partial charge in [-0.1, -0.05) is 90.4 Å². The lowest BCUT2D eigenvalue weighted by atomic mass is 9.87. The van der Waals surface area contributed by atoms with Gasteiger partial charge in [-0.2, -0.15) is 0 Å². The van der Waals surface area contributed by atoms with E-state index in [-0.39, 0.29) is 0 Å². The van der Waals surface area contributed by atoms with E-state index in [9.17, 15) is 0 Å². The van der Waals surface area contributed by atoms with Crippen LogP contribution in [0.25, 0.3) is 0 Å². The zero-order chi connectivity index (χ0) is 13.5. The van der Waals surface area contributed by atoms with Gasteiger partial charge in [-0.15, -0.1) is 0 Å². The molecule has 1 fully saturated rings. The summed E-state index contributed by atoms with van der Waals surface area (Å²) in [6, 6.07) is 0. The monoisotopic (exact) mass is 255 g/mol. The molecule has 110 valence electrons. The molecule has 0 aromatic heterocycles. The minimum atomic E-state index is 1.09. The first-order valence-corrected chi connectivity index (χ1v) is 8.43. The van der Waals surface area contributed by atoms with Gasteiger partial charge in [0.2, 0.25) is 0 Å². The van der Waals surface area contributed by atoms with Crippen LogP contribution in [0.5, 0.6) is 0 Å². The van der Waals surface area contributed by atoms with E-state index in [2.05, 4.69) is 12.2 Å². The Labute approximate surface area is 116 Å². The Morgan fingerprint density at radius 3 is 1.83 bits per heavy atom. The van der Waals surface area contributed by atoms with Crippen LogP contribution in [0.1, 0.15) is 90.4 Å². The Hall–Kier alpha value is -0.0400. The molecule has 1 aliphatic carbocycles. The molecular formula is C17H37N. The molecule has 0 amide bonds. The Bertz CT molecular complexity index is 137. The maximum atomic E-state index is 2.75. The minimum absolute atomic E-state index is 1.09. The summed E-state index contributed by atoms with van der Waals surface area (Å²) in [6.45, 7) is 2.30. The number of hydrogen-bond donors (Lipinski definition) is 1. The van der Waals surface area contributed by atoms with Crippen molar-refractivity contribution in [2.75, 3.05) is 14.1 Å². The van der Waals surface area contributed by atoms with Gasteiger partial charge in [0.25, 0.3) is 0 Å². The minimum Gasteiger partial charge on any atom is -0.323 e. The van der Waals surface area contributed by atoms with Gasteiger partial charge in [-0.05, 0) is 20.0 Å². The van der Waals surface area contributed by atoms with Crippen LogP contribution >= 0.6 is 0 Å². The van der Waals surface area contributed by atoms with Crippen molar-refractivity contribution in [2.45, 2.75) is 90.4 Å². The van der Waals surface area contributed by atoms with E-state index in [1.54, 1.807) is 0 Å². The van der Waals surface area contributed by atoms with E-state index in [4.69, 9.17) is 0 Å². The summed E-state index contributed by atoms with van der Waals surface area (Å²) < 4.78 is 0. The van der Waals surface area contributed by atoms with Gasteiger partial charge < -0.3 is 5.32 Å². The van der Waals surface area contributed by atoms with Gasteiger partial charge in [0.1, 0.15) is 0 Å². The third-order valence-corrected chi connectivity index (χ3v) is 3.94. The van der Waals surface area contributed by atoms with Gasteiger partial charge in [0, 0.05) is 0 Å². The molecule has 0 heterocycles. The number of hydrogen-bond acceptors (Lipinski definition) is 1. The lowest BCUT2D eigenvalue weighted by Gasteiger charge is -2.19. The molecule has 1 nitrogen and oxygen atoms in total. The number of unbranched alkanes of at least 4 members (excludes halogenated alkanes) is 4. The molecule has 0 aliphatic heterocycles. The molecule has 1 N–H and O–H groups in total. The van der Waals surface area contributed by atoms with E-state index >= 15 is 0 Å². The molecule has 0 bridgehead atoms. The summed E-state index contributed by atoms with van der Waals surface area (Å²) in [5.41, 5.74) is 0. The van der Waals surface area contributed by atoms with Crippen molar-refractivity contribution >= 4 is 0 Å². The topological polar surface area (TPSA) is 12.0 Å². The van der Waals surface area contributed by atoms with Crippen molar-refractivity contribution in [2.24, 2.45) is 5.92 Å². The molecular weight excluding hydrogens is 218 g/mol. The van der Waals surface area contributed by atoms with Crippen LogP contribution in [-0.2, 0) is 0 Å². The van der Waals surface area contributed by atoms with E-state index in [0.717, 1.165) is 5.92 Å². The molecule has 18 heavy (non-hydrogen) atoms. The van der Waals surface area contributed by atoms with Gasteiger partial charge in [-0.25, -0.2) is 0 Å². The number of rotatable bonds is 6. The lowest BCUT2D eigenvalue weighted by molar-refractivity contribution is 0.347. The summed E-state index contributed by atoms with van der Waals surface area (Å²) in [5.74, 6) is 1.09. The van der Waals surface area contributed by atoms with E-state index in [0.29, 0.717) is 0 Å².